The molecule has 0 spiro atoms. The second-order valence-electron chi connectivity index (χ2n) is 3.97. The Bertz CT molecular complexity index is 661. The summed E-state index contributed by atoms with van der Waals surface area (Å²) in [7, 11) is 0. The molecule has 0 fully saturated rings. The molecular formula is C14H9BrClFO3. The zero-order valence-electron chi connectivity index (χ0n) is 10.1. The van der Waals surface area contributed by atoms with Gasteiger partial charge in [0, 0.05) is 10.0 Å². The number of rotatable bonds is 4. The molecular weight excluding hydrogens is 351 g/mol. The topological polar surface area (TPSA) is 46.5 Å². The van der Waals surface area contributed by atoms with Crippen molar-refractivity contribution in [1.29, 1.82) is 0 Å². The Labute approximate surface area is 128 Å². The molecule has 104 valence electrons. The Kier molecular flexibility index (Phi) is 4.62. The summed E-state index contributed by atoms with van der Waals surface area (Å²) in [6, 6.07) is 8.49. The summed E-state index contributed by atoms with van der Waals surface area (Å²) in [5, 5.41) is 9.43. The lowest BCUT2D eigenvalue weighted by Crippen LogP contribution is -2.06. The lowest BCUT2D eigenvalue weighted by Gasteiger charge is -2.10. The van der Waals surface area contributed by atoms with Gasteiger partial charge in [-0.05, 0) is 36.4 Å². The third-order valence-electron chi connectivity index (χ3n) is 2.57. The van der Waals surface area contributed by atoms with E-state index in [0.717, 1.165) is 16.6 Å². The van der Waals surface area contributed by atoms with Gasteiger partial charge in [0.2, 0.25) is 0 Å². The summed E-state index contributed by atoms with van der Waals surface area (Å²) < 4.78 is 19.4. The number of ether oxygens (including phenoxy) is 1. The van der Waals surface area contributed by atoms with E-state index in [-0.39, 0.29) is 17.7 Å². The third-order valence-corrected chi connectivity index (χ3v) is 3.38. The van der Waals surface area contributed by atoms with Crippen LogP contribution in [-0.4, -0.2) is 11.1 Å². The zero-order chi connectivity index (χ0) is 14.7. The quantitative estimate of drug-likeness (QED) is 0.873. The van der Waals surface area contributed by atoms with E-state index in [1.54, 1.807) is 18.2 Å². The highest BCUT2D eigenvalue weighted by atomic mass is 79.9. The highest BCUT2D eigenvalue weighted by molar-refractivity contribution is 9.10. The molecule has 0 saturated heterocycles. The van der Waals surface area contributed by atoms with Crippen molar-refractivity contribution in [3.8, 4) is 5.75 Å². The third kappa shape index (κ3) is 3.49. The van der Waals surface area contributed by atoms with Crippen molar-refractivity contribution in [3.05, 3.63) is 62.8 Å². The number of hydrogen-bond acceptors (Lipinski definition) is 2. The lowest BCUT2D eigenvalue weighted by atomic mass is 10.1. The highest BCUT2D eigenvalue weighted by Gasteiger charge is 2.12. The molecule has 0 radical (unpaired) electrons. The summed E-state index contributed by atoms with van der Waals surface area (Å²) in [5.74, 6) is -1.26. The molecule has 3 nitrogen and oxygen atoms in total. The van der Waals surface area contributed by atoms with Crippen LogP contribution in [0, 0.1) is 5.82 Å². The van der Waals surface area contributed by atoms with E-state index in [1.165, 1.54) is 6.07 Å². The van der Waals surface area contributed by atoms with Crippen molar-refractivity contribution < 1.29 is 19.0 Å². The van der Waals surface area contributed by atoms with E-state index in [1.807, 2.05) is 0 Å². The summed E-state index contributed by atoms with van der Waals surface area (Å²) in [6.45, 7) is -0.0877. The van der Waals surface area contributed by atoms with E-state index in [4.69, 9.17) is 21.4 Å². The molecule has 0 aromatic heterocycles. The Morgan fingerprint density at radius 2 is 2.05 bits per heavy atom. The first-order valence-corrected chi connectivity index (χ1v) is 6.74. The van der Waals surface area contributed by atoms with Crippen molar-refractivity contribution in [1.82, 2.24) is 0 Å². The number of carboxylic acid groups (broad SMARTS) is 1. The van der Waals surface area contributed by atoms with Crippen LogP contribution < -0.4 is 4.74 Å². The fraction of sp³-hybridized carbons (Fsp3) is 0.0714. The average Bonchev–Trinajstić information content (AvgIpc) is 2.39. The Morgan fingerprint density at radius 1 is 1.30 bits per heavy atom. The molecule has 1 N–H and O–H groups in total. The first-order valence-electron chi connectivity index (χ1n) is 5.57. The minimum absolute atomic E-state index is 0.00230. The van der Waals surface area contributed by atoms with Gasteiger partial charge in [-0.1, -0.05) is 27.5 Å². The van der Waals surface area contributed by atoms with Gasteiger partial charge in [0.15, 0.2) is 0 Å². The first kappa shape index (κ1) is 14.8. The molecule has 2 aromatic carbocycles. The van der Waals surface area contributed by atoms with Gasteiger partial charge in [-0.2, -0.15) is 0 Å². The van der Waals surface area contributed by atoms with Crippen LogP contribution in [0.3, 0.4) is 0 Å². The molecule has 0 aliphatic heterocycles. The number of aromatic carboxylic acids is 1. The molecule has 6 heteroatoms. The van der Waals surface area contributed by atoms with Crippen LogP contribution in [0.5, 0.6) is 5.75 Å². The second-order valence-corrected chi connectivity index (χ2v) is 5.29. The maximum Gasteiger partial charge on any atom is 0.336 e. The van der Waals surface area contributed by atoms with Gasteiger partial charge < -0.3 is 9.84 Å². The van der Waals surface area contributed by atoms with E-state index in [0.29, 0.717) is 10.8 Å². The zero-order valence-corrected chi connectivity index (χ0v) is 12.4. The van der Waals surface area contributed by atoms with Crippen LogP contribution in [0.2, 0.25) is 5.02 Å². The summed E-state index contributed by atoms with van der Waals surface area (Å²) in [6.07, 6.45) is 0. The van der Waals surface area contributed by atoms with Crippen molar-refractivity contribution in [2.75, 3.05) is 0 Å². The number of hydrogen-bond donors (Lipinski definition) is 1. The average molecular weight is 360 g/mol. The molecule has 0 saturated carbocycles. The maximum atomic E-state index is 13.2. The fourth-order valence-electron chi connectivity index (χ4n) is 1.63. The number of carbonyl (C=O) groups is 1. The molecule has 0 atom stereocenters. The first-order chi connectivity index (χ1) is 9.47. The van der Waals surface area contributed by atoms with Crippen molar-refractivity contribution in [2.45, 2.75) is 6.61 Å². The monoisotopic (exact) mass is 358 g/mol. The minimum atomic E-state index is -1.14. The van der Waals surface area contributed by atoms with Crippen molar-refractivity contribution in [3.63, 3.8) is 0 Å². The number of carboxylic acids is 1. The van der Waals surface area contributed by atoms with Gasteiger partial charge in [0.25, 0.3) is 0 Å². The molecule has 20 heavy (non-hydrogen) atoms. The molecule has 0 heterocycles. The van der Waals surface area contributed by atoms with Crippen LogP contribution in [0.4, 0.5) is 4.39 Å². The van der Waals surface area contributed by atoms with E-state index in [9.17, 15) is 9.18 Å². The predicted octanol–water partition coefficient (Wildman–Crippen LogP) is 4.52. The summed E-state index contributed by atoms with van der Waals surface area (Å²) in [4.78, 5) is 11.1. The van der Waals surface area contributed by atoms with Gasteiger partial charge >= 0.3 is 5.97 Å². The van der Waals surface area contributed by atoms with Crippen LogP contribution in [0.1, 0.15) is 15.9 Å². The maximum absolute atomic E-state index is 13.2. The van der Waals surface area contributed by atoms with Crippen LogP contribution in [0.25, 0.3) is 0 Å². The predicted molar refractivity (Wildman–Crippen MR) is 76.8 cm³/mol. The fourth-order valence-corrected chi connectivity index (χ4v) is 2.15. The molecule has 0 aliphatic rings. The Balaban J connectivity index is 2.24. The molecule has 0 amide bonds. The van der Waals surface area contributed by atoms with Crippen molar-refractivity contribution in [2.24, 2.45) is 0 Å². The van der Waals surface area contributed by atoms with Gasteiger partial charge in [-0.25, -0.2) is 9.18 Å². The SMILES string of the molecule is O=C(O)c1ccc(F)cc1COc1cc(Br)ccc1Cl. The van der Waals surface area contributed by atoms with Crippen LogP contribution in [-0.2, 0) is 6.61 Å². The molecule has 0 unspecified atom stereocenters. The molecule has 2 aromatic rings. The van der Waals surface area contributed by atoms with Crippen molar-refractivity contribution >= 4 is 33.5 Å². The van der Waals surface area contributed by atoms with E-state index < -0.39 is 11.8 Å². The minimum Gasteiger partial charge on any atom is -0.487 e. The van der Waals surface area contributed by atoms with Gasteiger partial charge in [-0.3, -0.25) is 0 Å². The molecule has 0 aliphatic carbocycles. The Hall–Kier alpha value is -1.59. The molecule has 0 bridgehead atoms. The van der Waals surface area contributed by atoms with E-state index in [2.05, 4.69) is 15.9 Å². The highest BCUT2D eigenvalue weighted by Crippen LogP contribution is 2.29. The normalized spacial score (nSPS) is 10.3. The lowest BCUT2D eigenvalue weighted by molar-refractivity contribution is 0.0694. The largest absolute Gasteiger partial charge is 0.487 e. The van der Waals surface area contributed by atoms with Crippen LogP contribution in [0.15, 0.2) is 40.9 Å². The van der Waals surface area contributed by atoms with Gasteiger partial charge in [0.1, 0.15) is 18.2 Å². The van der Waals surface area contributed by atoms with Gasteiger partial charge in [0.05, 0.1) is 10.6 Å². The second kappa shape index (κ2) is 6.24. The summed E-state index contributed by atoms with van der Waals surface area (Å²) >= 11 is 9.24. The van der Waals surface area contributed by atoms with Crippen LogP contribution >= 0.6 is 27.5 Å². The molecule has 2 rings (SSSR count). The Morgan fingerprint density at radius 3 is 2.75 bits per heavy atom. The number of halogens is 3. The van der Waals surface area contributed by atoms with E-state index >= 15 is 0 Å². The number of benzene rings is 2. The smallest absolute Gasteiger partial charge is 0.336 e. The van der Waals surface area contributed by atoms with Gasteiger partial charge in [-0.15, -0.1) is 0 Å². The summed E-state index contributed by atoms with van der Waals surface area (Å²) in [5.41, 5.74) is 0.242. The standard InChI is InChI=1S/C14H9BrClFO3/c15-9-1-4-12(16)13(6-9)20-7-8-5-10(17)2-3-11(8)14(18)19/h1-6H,7H2,(H,18,19).